The Morgan fingerprint density at radius 1 is 1.25 bits per heavy atom. The molecule has 5 rings (SSSR count). The van der Waals surface area contributed by atoms with Gasteiger partial charge in [0.25, 0.3) is 0 Å². The van der Waals surface area contributed by atoms with Gasteiger partial charge in [-0.1, -0.05) is 6.92 Å². The monoisotopic (exact) mass is 386 g/mol. The Kier molecular flexibility index (Phi) is 4.82. The standard InChI is InChI=1S/C21H34N6O/c1-3-21(6-7-21)28-15-4-5-17-16(9-15)20(26-25-17)18-10-19(24-12-23-18)27-11-14(22)8-13(27)2/h10,12-17,20,25-26H,3-9,11,22H2,1-2H3/t13-,14+,15?,16?,17?,20?/m0/s1. The number of nitrogens with zero attached hydrogens (tertiary/aromatic N) is 3. The third-order valence-electron chi connectivity index (χ3n) is 7.47. The van der Waals surface area contributed by atoms with Gasteiger partial charge in [0.1, 0.15) is 12.1 Å². The van der Waals surface area contributed by atoms with Crippen LogP contribution < -0.4 is 21.5 Å². The maximum absolute atomic E-state index is 6.55. The van der Waals surface area contributed by atoms with Crippen LogP contribution in [0.3, 0.4) is 0 Å². The van der Waals surface area contributed by atoms with Crippen molar-refractivity contribution in [3.05, 3.63) is 18.1 Å². The van der Waals surface area contributed by atoms with Crippen LogP contribution in [0.1, 0.15) is 70.5 Å². The van der Waals surface area contributed by atoms with Crippen molar-refractivity contribution in [1.29, 1.82) is 0 Å². The van der Waals surface area contributed by atoms with E-state index in [1.54, 1.807) is 6.33 Å². The van der Waals surface area contributed by atoms with Crippen LogP contribution in [0.25, 0.3) is 0 Å². The van der Waals surface area contributed by atoms with Gasteiger partial charge in [-0.05, 0) is 51.9 Å². The third-order valence-corrected chi connectivity index (χ3v) is 7.47. The maximum Gasteiger partial charge on any atom is 0.132 e. The van der Waals surface area contributed by atoms with Gasteiger partial charge in [-0.2, -0.15) is 0 Å². The average Bonchev–Trinajstić information content (AvgIpc) is 3.21. The molecule has 0 spiro atoms. The number of rotatable bonds is 5. The first-order chi connectivity index (χ1) is 13.6. The summed E-state index contributed by atoms with van der Waals surface area (Å²) in [5.41, 5.74) is 14.5. The van der Waals surface area contributed by atoms with E-state index in [4.69, 9.17) is 10.5 Å². The molecule has 2 saturated carbocycles. The first-order valence-corrected chi connectivity index (χ1v) is 11.1. The zero-order chi connectivity index (χ0) is 19.3. The molecular weight excluding hydrogens is 352 g/mol. The predicted octanol–water partition coefficient (Wildman–Crippen LogP) is 2.05. The molecule has 0 aromatic carbocycles. The summed E-state index contributed by atoms with van der Waals surface area (Å²) in [6.07, 6.45) is 10.1. The smallest absolute Gasteiger partial charge is 0.132 e. The molecule has 0 amide bonds. The largest absolute Gasteiger partial charge is 0.372 e. The molecule has 4 aliphatic rings. The predicted molar refractivity (Wildman–Crippen MR) is 109 cm³/mol. The van der Waals surface area contributed by atoms with Crippen molar-refractivity contribution >= 4 is 5.82 Å². The van der Waals surface area contributed by atoms with E-state index in [0.717, 1.165) is 50.2 Å². The Bertz CT molecular complexity index is 710. The van der Waals surface area contributed by atoms with Crippen LogP contribution in [0.15, 0.2) is 12.4 Å². The van der Waals surface area contributed by atoms with Gasteiger partial charge in [0.05, 0.1) is 23.4 Å². The average molecular weight is 387 g/mol. The number of hydrogen-bond acceptors (Lipinski definition) is 7. The van der Waals surface area contributed by atoms with Crippen LogP contribution >= 0.6 is 0 Å². The number of nitrogens with two attached hydrogens (primary N) is 1. The molecule has 6 atom stereocenters. The Labute approximate surface area is 167 Å². The first kappa shape index (κ1) is 18.7. The molecule has 1 aromatic heterocycles. The molecule has 7 heteroatoms. The molecule has 4 fully saturated rings. The highest BCUT2D eigenvalue weighted by Crippen LogP contribution is 2.47. The number of fused-ring (bicyclic) bond motifs is 1. The fourth-order valence-corrected chi connectivity index (χ4v) is 5.55. The second-order valence-corrected chi connectivity index (χ2v) is 9.42. The van der Waals surface area contributed by atoms with Gasteiger partial charge in [0.2, 0.25) is 0 Å². The molecule has 0 radical (unpaired) electrons. The van der Waals surface area contributed by atoms with Gasteiger partial charge in [-0.25, -0.2) is 15.4 Å². The van der Waals surface area contributed by atoms with Crippen LogP contribution in [0, 0.1) is 5.92 Å². The topological polar surface area (TPSA) is 88.3 Å². The van der Waals surface area contributed by atoms with E-state index in [1.165, 1.54) is 12.8 Å². The van der Waals surface area contributed by atoms with E-state index in [0.29, 0.717) is 24.1 Å². The third kappa shape index (κ3) is 3.43. The Morgan fingerprint density at radius 2 is 2.11 bits per heavy atom. The van der Waals surface area contributed by atoms with Crippen molar-refractivity contribution in [3.63, 3.8) is 0 Å². The molecule has 7 nitrogen and oxygen atoms in total. The number of hydrogen-bond donors (Lipinski definition) is 3. The summed E-state index contributed by atoms with van der Waals surface area (Å²) in [5.74, 6) is 1.51. The van der Waals surface area contributed by atoms with Gasteiger partial charge in [-0.15, -0.1) is 0 Å². The number of ether oxygens (including phenoxy) is 1. The second-order valence-electron chi connectivity index (χ2n) is 9.42. The highest BCUT2D eigenvalue weighted by atomic mass is 16.5. The number of nitrogens with one attached hydrogen (secondary N) is 2. The van der Waals surface area contributed by atoms with Gasteiger partial charge < -0.3 is 15.4 Å². The minimum absolute atomic E-state index is 0.194. The van der Waals surface area contributed by atoms with Crippen LogP contribution in [-0.2, 0) is 4.74 Å². The maximum atomic E-state index is 6.55. The second kappa shape index (κ2) is 7.20. The minimum Gasteiger partial charge on any atom is -0.372 e. The zero-order valence-corrected chi connectivity index (χ0v) is 17.1. The van der Waals surface area contributed by atoms with Crippen LogP contribution in [0.4, 0.5) is 5.82 Å². The van der Waals surface area contributed by atoms with Crippen molar-refractivity contribution < 1.29 is 4.74 Å². The molecule has 4 N–H and O–H groups in total. The van der Waals surface area contributed by atoms with Crippen LogP contribution in [-0.4, -0.2) is 46.3 Å². The first-order valence-electron chi connectivity index (χ1n) is 11.1. The number of aromatic nitrogens is 2. The quantitative estimate of drug-likeness (QED) is 0.714. The normalized spacial score (nSPS) is 39.2. The molecule has 4 unspecified atom stereocenters. The summed E-state index contributed by atoms with van der Waals surface area (Å²) in [6, 6.07) is 3.53. The Balaban J connectivity index is 1.31. The van der Waals surface area contributed by atoms with Crippen molar-refractivity contribution in [2.45, 2.75) is 94.7 Å². The van der Waals surface area contributed by atoms with Crippen molar-refractivity contribution in [2.24, 2.45) is 11.7 Å². The molecular formula is C21H34N6O. The van der Waals surface area contributed by atoms with Gasteiger partial charge in [0, 0.05) is 36.7 Å². The van der Waals surface area contributed by atoms with E-state index >= 15 is 0 Å². The van der Waals surface area contributed by atoms with E-state index in [1.807, 2.05) is 0 Å². The van der Waals surface area contributed by atoms with Crippen LogP contribution in [0.5, 0.6) is 0 Å². The summed E-state index contributed by atoms with van der Waals surface area (Å²) in [5, 5.41) is 0. The van der Waals surface area contributed by atoms with Gasteiger partial charge in [0.15, 0.2) is 0 Å². The van der Waals surface area contributed by atoms with Gasteiger partial charge in [-0.3, -0.25) is 5.43 Å². The van der Waals surface area contributed by atoms with E-state index in [9.17, 15) is 0 Å². The van der Waals surface area contributed by atoms with E-state index in [2.05, 4.69) is 45.6 Å². The molecule has 3 heterocycles. The fourth-order valence-electron chi connectivity index (χ4n) is 5.55. The molecule has 2 aliphatic heterocycles. The molecule has 2 saturated heterocycles. The molecule has 28 heavy (non-hydrogen) atoms. The lowest BCUT2D eigenvalue weighted by Crippen LogP contribution is -2.39. The van der Waals surface area contributed by atoms with Crippen molar-refractivity contribution in [1.82, 2.24) is 20.8 Å². The van der Waals surface area contributed by atoms with Crippen molar-refractivity contribution in [3.8, 4) is 0 Å². The highest BCUT2D eigenvalue weighted by Gasteiger charge is 2.48. The fraction of sp³-hybridized carbons (Fsp3) is 0.810. The molecule has 2 aliphatic carbocycles. The zero-order valence-electron chi connectivity index (χ0n) is 17.1. The molecule has 154 valence electrons. The lowest BCUT2D eigenvalue weighted by atomic mass is 9.79. The molecule has 1 aromatic rings. The lowest BCUT2D eigenvalue weighted by molar-refractivity contribution is -0.0603. The minimum atomic E-state index is 0.194. The summed E-state index contributed by atoms with van der Waals surface area (Å²) >= 11 is 0. The highest BCUT2D eigenvalue weighted by molar-refractivity contribution is 5.43. The summed E-state index contributed by atoms with van der Waals surface area (Å²) in [6.45, 7) is 5.35. The number of anilines is 1. The van der Waals surface area contributed by atoms with Crippen LogP contribution in [0.2, 0.25) is 0 Å². The Hall–Kier alpha value is -1.28. The summed E-state index contributed by atoms with van der Waals surface area (Å²) in [4.78, 5) is 11.5. The number of hydrazine groups is 1. The summed E-state index contributed by atoms with van der Waals surface area (Å²) < 4.78 is 6.55. The van der Waals surface area contributed by atoms with E-state index in [-0.39, 0.29) is 17.7 Å². The summed E-state index contributed by atoms with van der Waals surface area (Å²) in [7, 11) is 0. The van der Waals surface area contributed by atoms with Crippen molar-refractivity contribution in [2.75, 3.05) is 11.4 Å². The lowest BCUT2D eigenvalue weighted by Gasteiger charge is -2.35. The molecule has 0 bridgehead atoms. The SMILES string of the molecule is CCC1(OC2CCC3NNC(c4cc(N5C[C@H](N)C[C@@H]5C)ncn4)C3C2)CC1. The van der Waals surface area contributed by atoms with E-state index < -0.39 is 0 Å². The Morgan fingerprint density at radius 3 is 2.82 bits per heavy atom. The van der Waals surface area contributed by atoms with Gasteiger partial charge >= 0.3 is 0 Å².